The molecule has 1 amide bonds. The number of carbonyl (C=O) groups excluding carboxylic acids is 1. The SMILES string of the molecule is O=C(Cc1cn2c(CCO)cc3cc(CC4CCOCC4)cc(c1=O)c32)NCc1ccc(Cl)cc1. The van der Waals surface area contributed by atoms with Crippen LogP contribution in [-0.4, -0.2) is 35.2 Å². The van der Waals surface area contributed by atoms with Crippen LogP contribution in [0.5, 0.6) is 0 Å². The normalized spacial score (nSPS) is 14.7. The third-order valence-electron chi connectivity index (χ3n) is 6.88. The Labute approximate surface area is 208 Å². The summed E-state index contributed by atoms with van der Waals surface area (Å²) in [5.74, 6) is 0.327. The van der Waals surface area contributed by atoms with Crippen molar-refractivity contribution in [2.45, 2.75) is 38.6 Å². The summed E-state index contributed by atoms with van der Waals surface area (Å²) in [5.41, 5.74) is 4.21. The number of ether oxygens (including phenoxy) is 1. The van der Waals surface area contributed by atoms with Gasteiger partial charge in [-0.05, 0) is 66.6 Å². The number of amides is 1. The number of aromatic nitrogens is 1. The molecule has 1 saturated heterocycles. The van der Waals surface area contributed by atoms with E-state index in [2.05, 4.69) is 17.4 Å². The first-order valence-electron chi connectivity index (χ1n) is 12.1. The van der Waals surface area contributed by atoms with E-state index in [4.69, 9.17) is 16.3 Å². The monoisotopic (exact) mass is 492 g/mol. The lowest BCUT2D eigenvalue weighted by Gasteiger charge is -2.22. The molecule has 3 heterocycles. The van der Waals surface area contributed by atoms with E-state index in [1.807, 2.05) is 22.6 Å². The summed E-state index contributed by atoms with van der Waals surface area (Å²) in [6.45, 7) is 1.95. The van der Waals surface area contributed by atoms with Gasteiger partial charge in [0, 0.05) is 66.0 Å². The molecule has 0 saturated carbocycles. The second kappa shape index (κ2) is 10.4. The molecular weight excluding hydrogens is 464 g/mol. The van der Waals surface area contributed by atoms with Crippen molar-refractivity contribution in [1.29, 1.82) is 0 Å². The van der Waals surface area contributed by atoms with E-state index in [9.17, 15) is 14.7 Å². The molecule has 1 aliphatic rings. The highest BCUT2D eigenvalue weighted by Gasteiger charge is 2.19. The fourth-order valence-corrected chi connectivity index (χ4v) is 5.20. The third-order valence-corrected chi connectivity index (χ3v) is 7.13. The topological polar surface area (TPSA) is 80.0 Å². The van der Waals surface area contributed by atoms with Gasteiger partial charge in [0.15, 0.2) is 5.43 Å². The summed E-state index contributed by atoms with van der Waals surface area (Å²) in [6.07, 6.45) is 5.19. The molecule has 0 radical (unpaired) electrons. The average Bonchev–Trinajstić information content (AvgIpc) is 3.19. The maximum absolute atomic E-state index is 13.5. The minimum Gasteiger partial charge on any atom is -0.396 e. The molecule has 6 nitrogen and oxygen atoms in total. The first-order chi connectivity index (χ1) is 17.0. The number of aliphatic hydroxyl groups is 1. The molecule has 35 heavy (non-hydrogen) atoms. The molecule has 2 N–H and O–H groups in total. The number of nitrogens with zero attached hydrogens (tertiary/aromatic N) is 1. The highest BCUT2D eigenvalue weighted by molar-refractivity contribution is 6.30. The molecule has 0 spiro atoms. The van der Waals surface area contributed by atoms with Crippen molar-refractivity contribution >= 4 is 33.8 Å². The number of pyridine rings is 1. The molecule has 0 aliphatic carbocycles. The quantitative estimate of drug-likeness (QED) is 0.391. The highest BCUT2D eigenvalue weighted by Crippen LogP contribution is 2.28. The molecule has 5 rings (SSSR count). The van der Waals surface area contributed by atoms with Crippen LogP contribution in [0.4, 0.5) is 0 Å². The number of aliphatic hydroxyl groups excluding tert-OH is 1. The maximum Gasteiger partial charge on any atom is 0.224 e. The number of benzene rings is 2. The summed E-state index contributed by atoms with van der Waals surface area (Å²) in [6, 6.07) is 13.5. The minimum absolute atomic E-state index is 0.00566. The van der Waals surface area contributed by atoms with Gasteiger partial charge in [-0.2, -0.15) is 0 Å². The Balaban J connectivity index is 1.45. The van der Waals surface area contributed by atoms with Crippen molar-refractivity contribution in [1.82, 2.24) is 9.72 Å². The lowest BCUT2D eigenvalue weighted by Crippen LogP contribution is -2.27. The molecule has 182 valence electrons. The summed E-state index contributed by atoms with van der Waals surface area (Å²) < 4.78 is 7.47. The van der Waals surface area contributed by atoms with Gasteiger partial charge >= 0.3 is 0 Å². The first kappa shape index (κ1) is 23.8. The Morgan fingerprint density at radius 3 is 2.63 bits per heavy atom. The van der Waals surface area contributed by atoms with E-state index in [0.29, 0.717) is 34.9 Å². The lowest BCUT2D eigenvalue weighted by atomic mass is 9.91. The van der Waals surface area contributed by atoms with Crippen molar-refractivity contribution in [3.63, 3.8) is 0 Å². The number of halogens is 1. The van der Waals surface area contributed by atoms with Gasteiger partial charge in [-0.15, -0.1) is 0 Å². The zero-order chi connectivity index (χ0) is 24.4. The standard InChI is InChI=1S/C28H29ClN2O4/c29-23-3-1-19(2-4-23)16-30-26(33)15-22-17-31-24(5-8-32)14-21-12-20(11-18-6-9-35-10-7-18)13-25(27(21)31)28(22)34/h1-4,12-14,17-18,32H,5-11,15-16H2,(H,30,33). The Morgan fingerprint density at radius 2 is 1.89 bits per heavy atom. The maximum atomic E-state index is 13.5. The van der Waals surface area contributed by atoms with E-state index in [-0.39, 0.29) is 24.4 Å². The molecule has 0 atom stereocenters. The first-order valence-corrected chi connectivity index (χ1v) is 12.5. The molecule has 7 heteroatoms. The zero-order valence-electron chi connectivity index (χ0n) is 19.6. The van der Waals surface area contributed by atoms with Crippen molar-refractivity contribution in [3.8, 4) is 0 Å². The predicted octanol–water partition coefficient (Wildman–Crippen LogP) is 3.91. The third kappa shape index (κ3) is 5.20. The Kier molecular flexibility index (Phi) is 7.04. The number of nitrogens with one attached hydrogen (secondary N) is 1. The van der Waals surface area contributed by atoms with Crippen molar-refractivity contribution in [2.24, 2.45) is 5.92 Å². The highest BCUT2D eigenvalue weighted by atomic mass is 35.5. The van der Waals surface area contributed by atoms with E-state index >= 15 is 0 Å². The summed E-state index contributed by atoms with van der Waals surface area (Å²) in [5, 5.41) is 14.8. The van der Waals surface area contributed by atoms with Gasteiger partial charge in [0.1, 0.15) is 0 Å². The van der Waals surface area contributed by atoms with E-state index in [1.165, 1.54) is 0 Å². The van der Waals surface area contributed by atoms with Crippen LogP contribution in [-0.2, 0) is 35.3 Å². The molecular formula is C28H29ClN2O4. The van der Waals surface area contributed by atoms with Crippen LogP contribution < -0.4 is 10.7 Å². The van der Waals surface area contributed by atoms with Gasteiger partial charge in [0.05, 0.1) is 11.9 Å². The largest absolute Gasteiger partial charge is 0.396 e. The van der Waals surface area contributed by atoms with E-state index in [0.717, 1.165) is 60.2 Å². The van der Waals surface area contributed by atoms with Crippen molar-refractivity contribution in [2.75, 3.05) is 19.8 Å². The van der Waals surface area contributed by atoms with Crippen LogP contribution in [0.3, 0.4) is 0 Å². The molecule has 1 aliphatic heterocycles. The second-order valence-corrected chi connectivity index (χ2v) is 9.82. The van der Waals surface area contributed by atoms with Gasteiger partial charge in [-0.3, -0.25) is 9.59 Å². The van der Waals surface area contributed by atoms with Gasteiger partial charge in [0.25, 0.3) is 0 Å². The minimum atomic E-state index is -0.214. The summed E-state index contributed by atoms with van der Waals surface area (Å²) in [7, 11) is 0. The van der Waals surface area contributed by atoms with Crippen molar-refractivity contribution < 1.29 is 14.6 Å². The van der Waals surface area contributed by atoms with Crippen LogP contribution in [0.25, 0.3) is 16.3 Å². The number of hydrogen-bond donors (Lipinski definition) is 2. The Bertz CT molecular complexity index is 1390. The van der Waals surface area contributed by atoms with Crippen LogP contribution in [0.2, 0.25) is 5.02 Å². The molecule has 1 fully saturated rings. The number of hydrogen-bond acceptors (Lipinski definition) is 4. The van der Waals surface area contributed by atoms with E-state index in [1.54, 1.807) is 18.3 Å². The Hall–Kier alpha value is -2.93. The van der Waals surface area contributed by atoms with Crippen LogP contribution in [0, 0.1) is 5.92 Å². The zero-order valence-corrected chi connectivity index (χ0v) is 20.3. The summed E-state index contributed by atoms with van der Waals surface area (Å²) in [4.78, 5) is 26.3. The number of carbonyl (C=O) groups is 1. The van der Waals surface area contributed by atoms with Crippen LogP contribution >= 0.6 is 11.6 Å². The smallest absolute Gasteiger partial charge is 0.224 e. The molecule has 0 unspecified atom stereocenters. The fourth-order valence-electron chi connectivity index (χ4n) is 5.07. The second-order valence-electron chi connectivity index (χ2n) is 9.38. The van der Waals surface area contributed by atoms with Gasteiger partial charge in [-0.25, -0.2) is 0 Å². The van der Waals surface area contributed by atoms with Gasteiger partial charge in [-0.1, -0.05) is 23.7 Å². The van der Waals surface area contributed by atoms with Gasteiger partial charge in [0.2, 0.25) is 5.91 Å². The van der Waals surface area contributed by atoms with E-state index < -0.39 is 0 Å². The lowest BCUT2D eigenvalue weighted by molar-refractivity contribution is -0.120. The summed E-state index contributed by atoms with van der Waals surface area (Å²) >= 11 is 5.93. The van der Waals surface area contributed by atoms with Crippen LogP contribution in [0.1, 0.15) is 35.2 Å². The van der Waals surface area contributed by atoms with Gasteiger partial charge < -0.3 is 19.6 Å². The molecule has 2 aromatic heterocycles. The number of rotatable bonds is 8. The Morgan fingerprint density at radius 1 is 1.11 bits per heavy atom. The molecule has 2 aromatic carbocycles. The van der Waals surface area contributed by atoms with Crippen LogP contribution in [0.15, 0.2) is 53.5 Å². The van der Waals surface area contributed by atoms with Crippen molar-refractivity contribution in [3.05, 3.63) is 86.3 Å². The molecule has 4 aromatic rings. The molecule has 0 bridgehead atoms. The predicted molar refractivity (Wildman–Crippen MR) is 137 cm³/mol. The fraction of sp³-hybridized carbons (Fsp3) is 0.357. The average molecular weight is 493 g/mol.